The Morgan fingerprint density at radius 1 is 1.23 bits per heavy atom. The molecule has 12 heteroatoms. The van der Waals surface area contributed by atoms with E-state index in [9.17, 15) is 14.4 Å². The fourth-order valence-electron chi connectivity index (χ4n) is 4.63. The van der Waals surface area contributed by atoms with E-state index in [1.165, 1.54) is 64.3 Å². The molecule has 43 heavy (non-hydrogen) atoms. The summed E-state index contributed by atoms with van der Waals surface area (Å²) in [6.07, 6.45) is 5.50. The average molecular weight is 607 g/mol. The highest BCUT2D eigenvalue weighted by Gasteiger charge is 2.20. The van der Waals surface area contributed by atoms with E-state index in [4.69, 9.17) is 10.8 Å². The van der Waals surface area contributed by atoms with E-state index in [1.807, 2.05) is 0 Å². The Morgan fingerprint density at radius 2 is 1.98 bits per heavy atom. The van der Waals surface area contributed by atoms with Gasteiger partial charge < -0.3 is 30.9 Å². The predicted molar refractivity (Wildman–Crippen MR) is 170 cm³/mol. The minimum Gasteiger partial charge on any atom is -0.398 e. The molecule has 0 fully saturated rings. The number of hydrogen-bond acceptors (Lipinski definition) is 8. The summed E-state index contributed by atoms with van der Waals surface area (Å²) in [6.45, 7) is 5.92. The number of carbonyl (C=O) groups excluding carboxylic acids is 2. The number of nitrogens with zero attached hydrogens (tertiary/aromatic N) is 3. The summed E-state index contributed by atoms with van der Waals surface area (Å²) in [7, 11) is 3.06. The number of nitrogen functional groups attached to an aromatic ring is 1. The van der Waals surface area contributed by atoms with Gasteiger partial charge in [-0.05, 0) is 67.8 Å². The molecular formula is C31H35FN6O4S. The molecule has 3 aromatic rings. The molecule has 226 valence electrons. The highest BCUT2D eigenvalue weighted by Crippen LogP contribution is 2.37. The van der Waals surface area contributed by atoms with Crippen molar-refractivity contribution >= 4 is 46.5 Å². The summed E-state index contributed by atoms with van der Waals surface area (Å²) < 4.78 is 17.0. The monoisotopic (exact) mass is 606 g/mol. The van der Waals surface area contributed by atoms with E-state index in [0.717, 1.165) is 30.6 Å². The Bertz CT molecular complexity index is 1670. The van der Waals surface area contributed by atoms with Crippen molar-refractivity contribution < 1.29 is 19.1 Å². The summed E-state index contributed by atoms with van der Waals surface area (Å²) in [5.41, 5.74) is 7.87. The number of carbonyl (C=O) groups is 2. The van der Waals surface area contributed by atoms with Gasteiger partial charge in [0.2, 0.25) is 0 Å². The standard InChI is InChI=1S/C31H35FN6O4S/c1-18-8-5-6-11-26(18)43-19(2)29(40)36-24-10-7-9-22(27(24)32)25-17-38(4)31(42)28(35-25)34-20-12-13-21(23(33)16-20)30(41)37(3)14-15-39/h7,9-10,12-13,16-17,39H,2,5-6,8,11,14-15,33H2,1,3-4H3,(H,34,35)(H,36,40). The van der Waals surface area contributed by atoms with Crippen LogP contribution in [-0.4, -0.2) is 51.6 Å². The summed E-state index contributed by atoms with van der Waals surface area (Å²) in [5.74, 6) is -1.66. The number of aromatic nitrogens is 2. The average Bonchev–Trinajstić information content (AvgIpc) is 2.97. The molecule has 0 radical (unpaired) electrons. The zero-order chi connectivity index (χ0) is 31.3. The summed E-state index contributed by atoms with van der Waals surface area (Å²) in [6, 6.07) is 9.10. The summed E-state index contributed by atoms with van der Waals surface area (Å²) >= 11 is 1.33. The smallest absolute Gasteiger partial charge is 0.293 e. The van der Waals surface area contributed by atoms with Gasteiger partial charge in [-0.2, -0.15) is 0 Å². The predicted octanol–water partition coefficient (Wildman–Crippen LogP) is 5.01. The lowest BCUT2D eigenvalue weighted by Gasteiger charge is -2.18. The van der Waals surface area contributed by atoms with E-state index in [-0.39, 0.29) is 58.0 Å². The fraction of sp³-hybridized carbons (Fsp3) is 0.290. The number of hydrogen-bond donors (Lipinski definition) is 4. The fourth-order valence-corrected chi connectivity index (χ4v) is 5.59. The number of allylic oxidation sites excluding steroid dienone is 2. The summed E-state index contributed by atoms with van der Waals surface area (Å²) in [5, 5.41) is 14.6. The molecule has 0 saturated heterocycles. The lowest BCUT2D eigenvalue weighted by atomic mass is 10.0. The number of rotatable bonds is 10. The van der Waals surface area contributed by atoms with Gasteiger partial charge in [0, 0.05) is 43.8 Å². The van der Waals surface area contributed by atoms with E-state index in [2.05, 4.69) is 29.1 Å². The number of anilines is 4. The first-order valence-electron chi connectivity index (χ1n) is 13.8. The van der Waals surface area contributed by atoms with Crippen molar-refractivity contribution in [2.75, 3.05) is 36.6 Å². The zero-order valence-corrected chi connectivity index (χ0v) is 25.2. The number of amides is 2. The van der Waals surface area contributed by atoms with Crippen LogP contribution in [0.5, 0.6) is 0 Å². The van der Waals surface area contributed by atoms with Gasteiger partial charge in [0.1, 0.15) is 0 Å². The molecule has 10 nitrogen and oxygen atoms in total. The second-order valence-electron chi connectivity index (χ2n) is 10.3. The van der Waals surface area contributed by atoms with Crippen LogP contribution in [0.25, 0.3) is 11.3 Å². The molecule has 0 spiro atoms. The van der Waals surface area contributed by atoms with Gasteiger partial charge in [0.25, 0.3) is 17.4 Å². The SMILES string of the molecule is C=C(SC1=C(C)CCCC1)C(=O)Nc1cccc(-c2cn(C)c(=O)c(Nc3ccc(C(=O)N(C)CCO)c(N)c3)n2)c1F. The maximum atomic E-state index is 15.7. The molecule has 0 atom stereocenters. The third-order valence-electron chi connectivity index (χ3n) is 7.10. The third kappa shape index (κ3) is 7.33. The maximum absolute atomic E-state index is 15.7. The number of aliphatic hydroxyl groups is 1. The van der Waals surface area contributed by atoms with Crippen LogP contribution in [0.4, 0.5) is 27.3 Å². The number of likely N-dealkylation sites (N-methyl/N-ethyl adjacent to an activating group) is 1. The van der Waals surface area contributed by atoms with Gasteiger partial charge in [-0.15, -0.1) is 0 Å². The Hall–Kier alpha value is -4.42. The van der Waals surface area contributed by atoms with Crippen molar-refractivity contribution in [3.8, 4) is 11.3 Å². The van der Waals surface area contributed by atoms with E-state index < -0.39 is 17.3 Å². The Morgan fingerprint density at radius 3 is 2.67 bits per heavy atom. The van der Waals surface area contributed by atoms with Crippen LogP contribution in [0.15, 0.2) is 69.4 Å². The maximum Gasteiger partial charge on any atom is 0.293 e. The largest absolute Gasteiger partial charge is 0.398 e. The van der Waals surface area contributed by atoms with E-state index in [0.29, 0.717) is 5.69 Å². The quantitative estimate of drug-likeness (QED) is 0.186. The minimum absolute atomic E-state index is 0.0389. The Labute approximate surface area is 253 Å². The number of aryl methyl sites for hydroxylation is 1. The molecular weight excluding hydrogens is 571 g/mol. The third-order valence-corrected chi connectivity index (χ3v) is 8.33. The van der Waals surface area contributed by atoms with Crippen molar-refractivity contribution in [3.05, 3.63) is 86.3 Å². The van der Waals surface area contributed by atoms with Crippen LogP contribution >= 0.6 is 11.8 Å². The minimum atomic E-state index is -0.710. The van der Waals surface area contributed by atoms with Crippen molar-refractivity contribution in [2.45, 2.75) is 32.6 Å². The first kappa shape index (κ1) is 31.5. The molecule has 1 aliphatic carbocycles. The molecule has 0 saturated carbocycles. The van der Waals surface area contributed by atoms with Crippen LogP contribution in [0, 0.1) is 5.82 Å². The van der Waals surface area contributed by atoms with Crippen molar-refractivity contribution in [3.63, 3.8) is 0 Å². The highest BCUT2D eigenvalue weighted by atomic mass is 32.2. The molecule has 0 unspecified atom stereocenters. The number of nitrogens with one attached hydrogen (secondary N) is 2. The van der Waals surface area contributed by atoms with Gasteiger partial charge >= 0.3 is 0 Å². The second-order valence-corrected chi connectivity index (χ2v) is 11.5. The molecule has 1 heterocycles. The van der Waals surface area contributed by atoms with Crippen molar-refractivity contribution in [2.24, 2.45) is 7.05 Å². The van der Waals surface area contributed by atoms with Gasteiger partial charge in [0.05, 0.1) is 28.5 Å². The van der Waals surface area contributed by atoms with E-state index >= 15 is 4.39 Å². The van der Waals surface area contributed by atoms with E-state index in [1.54, 1.807) is 19.2 Å². The van der Waals surface area contributed by atoms with Gasteiger partial charge in [-0.25, -0.2) is 9.37 Å². The van der Waals surface area contributed by atoms with Gasteiger partial charge in [0.15, 0.2) is 11.6 Å². The molecule has 2 amide bonds. The van der Waals surface area contributed by atoms with Gasteiger partial charge in [-0.3, -0.25) is 14.4 Å². The molecule has 0 aliphatic heterocycles. The first-order chi connectivity index (χ1) is 20.5. The van der Waals surface area contributed by atoms with Crippen LogP contribution < -0.4 is 21.9 Å². The van der Waals surface area contributed by atoms with Crippen LogP contribution in [0.3, 0.4) is 0 Å². The number of thioether (sulfide) groups is 1. The first-order valence-corrected chi connectivity index (χ1v) is 14.6. The van der Waals surface area contributed by atoms with Crippen molar-refractivity contribution in [1.29, 1.82) is 0 Å². The molecule has 4 rings (SSSR count). The number of benzene rings is 2. The highest BCUT2D eigenvalue weighted by molar-refractivity contribution is 8.07. The molecule has 1 aliphatic rings. The molecule has 2 aromatic carbocycles. The number of halogens is 1. The summed E-state index contributed by atoms with van der Waals surface area (Å²) in [4.78, 5) is 45.5. The lowest BCUT2D eigenvalue weighted by molar-refractivity contribution is -0.112. The van der Waals surface area contributed by atoms with Crippen molar-refractivity contribution in [1.82, 2.24) is 14.5 Å². The lowest BCUT2D eigenvalue weighted by Crippen LogP contribution is -2.30. The second kappa shape index (κ2) is 13.7. The van der Waals surface area contributed by atoms with Crippen LogP contribution in [-0.2, 0) is 11.8 Å². The topological polar surface area (TPSA) is 143 Å². The Kier molecular flexibility index (Phi) is 10.0. The molecule has 0 bridgehead atoms. The Balaban J connectivity index is 1.56. The number of aliphatic hydroxyl groups excluding tert-OH is 1. The van der Waals surface area contributed by atoms with Crippen LogP contribution in [0.1, 0.15) is 43.0 Å². The molecule has 5 N–H and O–H groups in total. The van der Waals surface area contributed by atoms with Gasteiger partial charge in [-0.1, -0.05) is 30.0 Å². The normalized spacial score (nSPS) is 13.0. The zero-order valence-electron chi connectivity index (χ0n) is 24.4. The number of nitrogens with two attached hydrogens (primary N) is 1. The molecule has 1 aromatic heterocycles. The van der Waals surface area contributed by atoms with Crippen LogP contribution in [0.2, 0.25) is 0 Å².